The van der Waals surface area contributed by atoms with Gasteiger partial charge in [-0.1, -0.05) is 49.2 Å². The van der Waals surface area contributed by atoms with Gasteiger partial charge in [0.25, 0.3) is 5.91 Å². The predicted octanol–water partition coefficient (Wildman–Crippen LogP) is 4.16. The second-order valence-corrected chi connectivity index (χ2v) is 9.25. The zero-order valence-corrected chi connectivity index (χ0v) is 19.9. The minimum atomic E-state index is -1.07. The van der Waals surface area contributed by atoms with Crippen LogP contribution in [-0.4, -0.2) is 46.9 Å². The first-order chi connectivity index (χ1) is 16.4. The molecule has 6 heteroatoms. The molecule has 2 aromatic carbocycles. The summed E-state index contributed by atoms with van der Waals surface area (Å²) in [6, 6.07) is 14.6. The van der Waals surface area contributed by atoms with Gasteiger partial charge in [0.1, 0.15) is 11.4 Å². The summed E-state index contributed by atoms with van der Waals surface area (Å²) >= 11 is 0. The highest BCUT2D eigenvalue weighted by Gasteiger charge is 2.55. The van der Waals surface area contributed by atoms with Gasteiger partial charge in [0, 0.05) is 13.0 Å². The fraction of sp³-hybridized carbons (Fsp3) is 0.429. The highest BCUT2D eigenvalue weighted by atomic mass is 19.1. The Balaban J connectivity index is 1.52. The van der Waals surface area contributed by atoms with Gasteiger partial charge >= 0.3 is 6.03 Å². The molecule has 2 saturated heterocycles. The fourth-order valence-electron chi connectivity index (χ4n) is 5.18. The first kappa shape index (κ1) is 24.0. The van der Waals surface area contributed by atoms with E-state index in [1.54, 1.807) is 13.0 Å². The molecule has 0 aliphatic carbocycles. The Morgan fingerprint density at radius 3 is 2.41 bits per heavy atom. The summed E-state index contributed by atoms with van der Waals surface area (Å²) in [7, 11) is 0. The van der Waals surface area contributed by atoms with Crippen molar-refractivity contribution in [3.05, 3.63) is 71.0 Å². The molecule has 2 aromatic rings. The summed E-state index contributed by atoms with van der Waals surface area (Å²) < 4.78 is 13.9. The molecule has 2 fully saturated rings. The van der Waals surface area contributed by atoms with Crippen molar-refractivity contribution in [1.82, 2.24) is 15.1 Å². The molecule has 34 heavy (non-hydrogen) atoms. The number of aryl methyl sites for hydroxylation is 1. The normalized spacial score (nSPS) is 21.3. The maximum atomic E-state index is 13.9. The number of piperidine rings is 1. The van der Waals surface area contributed by atoms with E-state index in [1.165, 1.54) is 28.2 Å². The monoisotopic (exact) mass is 461 g/mol. The molecular weight excluding hydrogens is 429 g/mol. The van der Waals surface area contributed by atoms with Gasteiger partial charge < -0.3 is 5.32 Å². The van der Waals surface area contributed by atoms with Gasteiger partial charge in [-0.05, 0) is 74.0 Å². The number of carbonyl (C=O) groups excluding carboxylic acids is 2. The number of nitrogens with zero attached hydrogens (tertiary/aromatic N) is 2. The van der Waals surface area contributed by atoms with Gasteiger partial charge in [-0.25, -0.2) is 9.18 Å². The number of urea groups is 1. The molecule has 0 spiro atoms. The third-order valence-electron chi connectivity index (χ3n) is 7.11. The van der Waals surface area contributed by atoms with Crippen LogP contribution in [0.4, 0.5) is 9.18 Å². The summed E-state index contributed by atoms with van der Waals surface area (Å²) in [4.78, 5) is 30.0. The zero-order valence-electron chi connectivity index (χ0n) is 19.9. The van der Waals surface area contributed by atoms with Gasteiger partial charge in [-0.15, -0.1) is 5.92 Å². The van der Waals surface area contributed by atoms with Gasteiger partial charge in [0.15, 0.2) is 0 Å². The number of hydrogen-bond acceptors (Lipinski definition) is 3. The molecule has 0 aromatic heterocycles. The fourth-order valence-corrected chi connectivity index (χ4v) is 5.18. The van der Waals surface area contributed by atoms with E-state index < -0.39 is 11.6 Å². The average molecular weight is 462 g/mol. The van der Waals surface area contributed by atoms with Gasteiger partial charge in [-0.3, -0.25) is 14.6 Å². The molecule has 0 saturated carbocycles. The van der Waals surface area contributed by atoms with Gasteiger partial charge in [0.05, 0.1) is 6.54 Å². The maximum absolute atomic E-state index is 13.9. The molecule has 1 N–H and O–H groups in total. The Morgan fingerprint density at radius 2 is 1.76 bits per heavy atom. The van der Waals surface area contributed by atoms with E-state index in [1.807, 2.05) is 6.07 Å². The van der Waals surface area contributed by atoms with Crippen molar-refractivity contribution in [1.29, 1.82) is 0 Å². The number of nitrogens with one attached hydrogen (secondary N) is 1. The number of benzene rings is 2. The molecule has 0 radical (unpaired) electrons. The minimum Gasteiger partial charge on any atom is -0.322 e. The maximum Gasteiger partial charge on any atom is 0.325 e. The molecule has 2 aliphatic heterocycles. The predicted molar refractivity (Wildman–Crippen MR) is 130 cm³/mol. The average Bonchev–Trinajstić information content (AvgIpc) is 3.08. The third kappa shape index (κ3) is 5.00. The number of carbonyl (C=O) groups is 2. The lowest BCUT2D eigenvalue weighted by Gasteiger charge is -2.41. The van der Waals surface area contributed by atoms with Crippen LogP contribution in [0.1, 0.15) is 43.4 Å². The Morgan fingerprint density at radius 1 is 1.06 bits per heavy atom. The van der Waals surface area contributed by atoms with Crippen molar-refractivity contribution < 1.29 is 14.0 Å². The van der Waals surface area contributed by atoms with Crippen LogP contribution in [0.5, 0.6) is 0 Å². The van der Waals surface area contributed by atoms with E-state index in [4.69, 9.17) is 0 Å². The lowest BCUT2D eigenvalue weighted by molar-refractivity contribution is -0.133. The zero-order chi connectivity index (χ0) is 24.1. The molecule has 178 valence electrons. The molecule has 3 amide bonds. The smallest absolute Gasteiger partial charge is 0.322 e. The van der Waals surface area contributed by atoms with Crippen LogP contribution >= 0.6 is 0 Å². The first-order valence-electron chi connectivity index (χ1n) is 12.0. The van der Waals surface area contributed by atoms with Crippen molar-refractivity contribution in [3.63, 3.8) is 0 Å². The van der Waals surface area contributed by atoms with Crippen molar-refractivity contribution in [3.8, 4) is 11.8 Å². The largest absolute Gasteiger partial charge is 0.325 e. The second kappa shape index (κ2) is 10.4. The van der Waals surface area contributed by atoms with Gasteiger partial charge in [0.2, 0.25) is 0 Å². The van der Waals surface area contributed by atoms with E-state index in [0.717, 1.165) is 38.9 Å². The first-order valence-corrected chi connectivity index (χ1v) is 12.0. The Kier molecular flexibility index (Phi) is 7.33. The van der Waals surface area contributed by atoms with Crippen LogP contribution < -0.4 is 5.32 Å². The van der Waals surface area contributed by atoms with Gasteiger partial charge in [-0.2, -0.15) is 0 Å². The van der Waals surface area contributed by atoms with E-state index >= 15 is 0 Å². The van der Waals surface area contributed by atoms with Crippen molar-refractivity contribution in [2.75, 3.05) is 19.6 Å². The van der Waals surface area contributed by atoms with Crippen LogP contribution in [0.3, 0.4) is 0 Å². The van der Waals surface area contributed by atoms with Crippen LogP contribution in [-0.2, 0) is 24.2 Å². The highest BCUT2D eigenvalue weighted by Crippen LogP contribution is 2.37. The number of likely N-dealkylation sites (tertiary alicyclic amines) is 1. The molecular formula is C28H32FN3O2. The highest BCUT2D eigenvalue weighted by molar-refractivity contribution is 6.07. The third-order valence-corrected chi connectivity index (χ3v) is 7.11. The summed E-state index contributed by atoms with van der Waals surface area (Å²) in [6.45, 7) is 6.44. The number of hydrogen-bond donors (Lipinski definition) is 1. The number of rotatable bonds is 7. The van der Waals surface area contributed by atoms with Crippen molar-refractivity contribution >= 4 is 11.9 Å². The van der Waals surface area contributed by atoms with E-state index in [2.05, 4.69) is 53.2 Å². The van der Waals surface area contributed by atoms with Crippen LogP contribution in [0.15, 0.2) is 48.5 Å². The summed E-state index contributed by atoms with van der Waals surface area (Å²) in [5.74, 6) is 4.96. The lowest BCUT2D eigenvalue weighted by Crippen LogP contribution is -2.57. The lowest BCUT2D eigenvalue weighted by atomic mass is 9.74. The Hall–Kier alpha value is -3.17. The SMILES string of the molecule is CC#CCN1C(=O)N[C@](Cc2cccc(F)c2)(C2CCN(Cc3ccc(CC)cc3)CC2)C1=O. The van der Waals surface area contributed by atoms with Crippen LogP contribution in [0.2, 0.25) is 0 Å². The summed E-state index contributed by atoms with van der Waals surface area (Å²) in [6.07, 6.45) is 2.86. The van der Waals surface area contributed by atoms with Crippen LogP contribution in [0, 0.1) is 23.6 Å². The van der Waals surface area contributed by atoms with E-state index in [-0.39, 0.29) is 30.6 Å². The molecule has 0 unspecified atom stereocenters. The molecule has 2 heterocycles. The number of halogens is 1. The minimum absolute atomic E-state index is 0.0366. The Labute approximate surface area is 201 Å². The van der Waals surface area contributed by atoms with E-state index in [0.29, 0.717) is 5.56 Å². The quantitative estimate of drug-likeness (QED) is 0.498. The van der Waals surface area contributed by atoms with Crippen molar-refractivity contribution in [2.24, 2.45) is 5.92 Å². The van der Waals surface area contributed by atoms with E-state index in [9.17, 15) is 14.0 Å². The molecule has 5 nitrogen and oxygen atoms in total. The topological polar surface area (TPSA) is 52.7 Å². The molecule has 2 aliphatic rings. The summed E-state index contributed by atoms with van der Waals surface area (Å²) in [5.41, 5.74) is 2.24. The molecule has 1 atom stereocenters. The summed E-state index contributed by atoms with van der Waals surface area (Å²) in [5, 5.41) is 3.02. The standard InChI is InChI=1S/C28H32FN3O2/c1-3-5-15-32-26(33)28(30-27(32)34,19-23-7-6-8-25(29)18-23)24-13-16-31(17-14-24)20-22-11-9-21(4-2)10-12-22/h6-12,18,24H,4,13-17,19-20H2,1-2H3,(H,30,34)/t28-/m1/s1. The number of amides is 3. The molecule has 4 rings (SSSR count). The molecule has 0 bridgehead atoms. The second-order valence-electron chi connectivity index (χ2n) is 9.25. The van der Waals surface area contributed by atoms with Crippen molar-refractivity contribution in [2.45, 2.75) is 51.6 Å². The number of imide groups is 1. The van der Waals surface area contributed by atoms with Crippen LogP contribution in [0.25, 0.3) is 0 Å². The Bertz CT molecular complexity index is 1100.